The molecule has 3 heterocycles. The average molecular weight is 581 g/mol. The van der Waals surface area contributed by atoms with Gasteiger partial charge >= 0.3 is 11.9 Å². The maximum Gasteiger partial charge on any atom is 0.352 e. The van der Waals surface area contributed by atoms with Gasteiger partial charge < -0.3 is 25.0 Å². The van der Waals surface area contributed by atoms with Crippen LogP contribution in [0, 0.1) is 0 Å². The normalized spacial score (nSPS) is 18.6. The molecule has 1 aromatic heterocycles. The summed E-state index contributed by atoms with van der Waals surface area (Å²) >= 11 is 3.93. The number of phenolic OH excluding ortho intramolecular Hbond substituents is 1. The molecule has 0 radical (unpaired) electrons. The van der Waals surface area contributed by atoms with E-state index in [9.17, 15) is 29.4 Å². The fraction of sp³-hybridized carbons (Fsp3) is 0.391. The van der Waals surface area contributed by atoms with Gasteiger partial charge in [-0.15, -0.1) is 22.0 Å². The quantitative estimate of drug-likeness (QED) is 0.188. The standard InChI is InChI=1S/C23H24N4O8S3/c1-2-35-17(30)9-34-8-16-25-26-23(38-16)37-11-13-10-36-21-18(20(31)27(21)19(13)22(32)33)24-15(29)7-12-5-3-4-6-14(12)28/h3-6,18,21,28H,2,7-11H2,1H3,(H,24,29)(H,32,33)/t18?,21-/m1/s1. The summed E-state index contributed by atoms with van der Waals surface area (Å²) in [6, 6.07) is 5.59. The molecule has 0 saturated carbocycles. The number of carboxylic acid groups (broad SMARTS) is 1. The van der Waals surface area contributed by atoms with Crippen LogP contribution < -0.4 is 5.32 Å². The van der Waals surface area contributed by atoms with Crippen molar-refractivity contribution in [1.82, 2.24) is 20.4 Å². The first-order valence-corrected chi connectivity index (χ1v) is 14.3. The minimum absolute atomic E-state index is 0.0127. The van der Waals surface area contributed by atoms with E-state index < -0.39 is 35.2 Å². The molecule has 2 amide bonds. The minimum Gasteiger partial charge on any atom is -0.508 e. The molecule has 0 bridgehead atoms. The van der Waals surface area contributed by atoms with Crippen LogP contribution >= 0.6 is 34.9 Å². The number of carbonyl (C=O) groups excluding carboxylic acids is 3. The number of thioether (sulfide) groups is 2. The van der Waals surface area contributed by atoms with Crippen LogP contribution in [0.2, 0.25) is 0 Å². The molecule has 38 heavy (non-hydrogen) atoms. The average Bonchev–Trinajstić information content (AvgIpc) is 3.34. The van der Waals surface area contributed by atoms with Gasteiger partial charge in [0.2, 0.25) is 5.91 Å². The number of hydrogen-bond acceptors (Lipinski definition) is 12. The number of benzene rings is 1. The van der Waals surface area contributed by atoms with Gasteiger partial charge in [-0.25, -0.2) is 9.59 Å². The van der Waals surface area contributed by atoms with Gasteiger partial charge in [0, 0.05) is 17.1 Å². The Morgan fingerprint density at radius 1 is 1.26 bits per heavy atom. The van der Waals surface area contributed by atoms with Crippen LogP contribution in [0.4, 0.5) is 0 Å². The molecule has 0 aliphatic carbocycles. The van der Waals surface area contributed by atoms with Crippen molar-refractivity contribution in [3.63, 3.8) is 0 Å². The molecule has 202 valence electrons. The Hall–Kier alpha value is -3.14. The number of para-hydroxylation sites is 1. The lowest BCUT2D eigenvalue weighted by molar-refractivity contribution is -0.150. The van der Waals surface area contributed by atoms with Crippen LogP contribution in [0.3, 0.4) is 0 Å². The molecular weight excluding hydrogens is 556 g/mol. The van der Waals surface area contributed by atoms with Gasteiger partial charge in [-0.1, -0.05) is 41.3 Å². The summed E-state index contributed by atoms with van der Waals surface area (Å²) in [6.45, 7) is 1.88. The van der Waals surface area contributed by atoms with E-state index in [1.54, 1.807) is 25.1 Å². The molecule has 15 heteroatoms. The van der Waals surface area contributed by atoms with E-state index in [-0.39, 0.29) is 43.4 Å². The molecule has 2 aromatic rings. The molecule has 2 aliphatic heterocycles. The Morgan fingerprint density at radius 2 is 2.05 bits per heavy atom. The van der Waals surface area contributed by atoms with E-state index in [0.717, 1.165) is 0 Å². The van der Waals surface area contributed by atoms with Crippen molar-refractivity contribution < 1.29 is 38.9 Å². The highest BCUT2D eigenvalue weighted by Crippen LogP contribution is 2.41. The largest absolute Gasteiger partial charge is 0.508 e. The SMILES string of the molecule is CCOC(=O)COCc1nnc(SCC2=C(C(=O)O)N3C(=O)C(NC(=O)Cc4ccccc4O)[C@H]3SC2)s1. The molecule has 12 nitrogen and oxygen atoms in total. The summed E-state index contributed by atoms with van der Waals surface area (Å²) in [5.41, 5.74) is 0.909. The number of β-lactam (4-membered cyclic amide) rings is 1. The summed E-state index contributed by atoms with van der Waals surface area (Å²) in [5, 5.41) is 30.5. The molecule has 2 atom stereocenters. The summed E-state index contributed by atoms with van der Waals surface area (Å²) in [5.74, 6) is -1.98. The Labute approximate surface area is 229 Å². The van der Waals surface area contributed by atoms with E-state index in [4.69, 9.17) is 9.47 Å². The van der Waals surface area contributed by atoms with E-state index in [0.29, 0.717) is 26.2 Å². The fourth-order valence-corrected chi connectivity index (χ4v) is 7.10. The van der Waals surface area contributed by atoms with Crippen molar-refractivity contribution in [3.05, 3.63) is 46.1 Å². The highest BCUT2D eigenvalue weighted by atomic mass is 32.2. The third kappa shape index (κ3) is 6.46. The van der Waals surface area contributed by atoms with Gasteiger partial charge in [0.25, 0.3) is 5.91 Å². The Kier molecular flexibility index (Phi) is 9.25. The zero-order valence-electron chi connectivity index (χ0n) is 20.1. The van der Waals surface area contributed by atoms with Crippen molar-refractivity contribution in [1.29, 1.82) is 0 Å². The summed E-state index contributed by atoms with van der Waals surface area (Å²) < 4.78 is 10.6. The molecule has 1 unspecified atom stereocenters. The van der Waals surface area contributed by atoms with Crippen LogP contribution in [0.15, 0.2) is 39.9 Å². The number of fused-ring (bicyclic) bond motifs is 1. The molecule has 1 saturated heterocycles. The number of ether oxygens (including phenoxy) is 2. The lowest BCUT2D eigenvalue weighted by Gasteiger charge is -2.49. The summed E-state index contributed by atoms with van der Waals surface area (Å²) in [4.78, 5) is 50.0. The Bertz CT molecular complexity index is 1270. The molecule has 4 rings (SSSR count). The Morgan fingerprint density at radius 3 is 2.79 bits per heavy atom. The van der Waals surface area contributed by atoms with Gasteiger partial charge in [0.1, 0.15) is 41.1 Å². The molecule has 1 aromatic carbocycles. The number of rotatable bonds is 12. The second-order valence-electron chi connectivity index (χ2n) is 8.07. The van der Waals surface area contributed by atoms with Crippen molar-refractivity contribution >= 4 is 58.6 Å². The highest BCUT2D eigenvalue weighted by molar-refractivity contribution is 8.01. The van der Waals surface area contributed by atoms with E-state index in [2.05, 4.69) is 15.5 Å². The zero-order chi connectivity index (χ0) is 27.2. The van der Waals surface area contributed by atoms with Crippen molar-refractivity contribution in [2.45, 2.75) is 35.7 Å². The number of aromatic nitrogens is 2. The predicted molar refractivity (Wildman–Crippen MR) is 138 cm³/mol. The van der Waals surface area contributed by atoms with Gasteiger partial charge in [-0.05, 0) is 18.6 Å². The summed E-state index contributed by atoms with van der Waals surface area (Å²) in [7, 11) is 0. The van der Waals surface area contributed by atoms with Crippen molar-refractivity contribution in [2.75, 3.05) is 24.7 Å². The first-order chi connectivity index (χ1) is 18.3. The van der Waals surface area contributed by atoms with Gasteiger partial charge in [0.05, 0.1) is 13.0 Å². The second kappa shape index (κ2) is 12.6. The van der Waals surface area contributed by atoms with Crippen LogP contribution in [-0.4, -0.2) is 85.2 Å². The number of phenols is 1. The number of nitrogens with one attached hydrogen (secondary N) is 1. The number of aromatic hydroxyl groups is 1. The molecule has 0 spiro atoms. The second-order valence-corrected chi connectivity index (χ2v) is 11.5. The maximum absolute atomic E-state index is 12.9. The number of hydrogen-bond donors (Lipinski definition) is 3. The molecule has 1 fully saturated rings. The number of nitrogens with zero attached hydrogens (tertiary/aromatic N) is 3. The van der Waals surface area contributed by atoms with Crippen LogP contribution in [-0.2, 0) is 41.7 Å². The number of esters is 1. The zero-order valence-corrected chi connectivity index (χ0v) is 22.6. The van der Waals surface area contributed by atoms with Crippen molar-refractivity contribution in [2.24, 2.45) is 0 Å². The summed E-state index contributed by atoms with van der Waals surface area (Å²) in [6.07, 6.45) is -0.102. The van der Waals surface area contributed by atoms with Crippen LogP contribution in [0.25, 0.3) is 0 Å². The van der Waals surface area contributed by atoms with Gasteiger partial charge in [-0.3, -0.25) is 14.5 Å². The van der Waals surface area contributed by atoms with Crippen LogP contribution in [0.1, 0.15) is 17.5 Å². The molecule has 2 aliphatic rings. The van der Waals surface area contributed by atoms with Crippen molar-refractivity contribution in [3.8, 4) is 5.75 Å². The smallest absolute Gasteiger partial charge is 0.352 e. The Balaban J connectivity index is 1.33. The van der Waals surface area contributed by atoms with Gasteiger partial charge in [-0.2, -0.15) is 0 Å². The fourth-order valence-electron chi connectivity index (χ4n) is 3.78. The van der Waals surface area contributed by atoms with E-state index in [1.165, 1.54) is 45.8 Å². The predicted octanol–water partition coefficient (Wildman–Crippen LogP) is 1.40. The number of carboxylic acids is 1. The first kappa shape index (κ1) is 27.9. The van der Waals surface area contributed by atoms with Gasteiger partial charge in [0.15, 0.2) is 4.34 Å². The maximum atomic E-state index is 12.9. The lowest BCUT2D eigenvalue weighted by Crippen LogP contribution is -2.70. The molecule has 3 N–H and O–H groups in total. The number of aliphatic carboxylic acids is 1. The first-order valence-electron chi connectivity index (χ1n) is 11.4. The van der Waals surface area contributed by atoms with E-state index >= 15 is 0 Å². The highest BCUT2D eigenvalue weighted by Gasteiger charge is 2.54. The minimum atomic E-state index is -1.22. The topological polar surface area (TPSA) is 168 Å². The third-order valence-corrected chi connectivity index (χ3v) is 8.93. The van der Waals surface area contributed by atoms with E-state index in [1.807, 2.05) is 0 Å². The van der Waals surface area contributed by atoms with Crippen LogP contribution in [0.5, 0.6) is 5.75 Å². The lowest BCUT2D eigenvalue weighted by atomic mass is 10.0. The number of amides is 2. The number of carbonyl (C=O) groups is 4. The monoisotopic (exact) mass is 580 g/mol. The third-order valence-electron chi connectivity index (χ3n) is 5.48. The molecular formula is C23H24N4O8S3.